The molecule has 2 bridgehead atoms. The number of thioether (sulfide) groups is 2. The van der Waals surface area contributed by atoms with Crippen LogP contribution in [0.3, 0.4) is 0 Å². The third-order valence-electron chi connectivity index (χ3n) is 3.95. The molecule has 4 atom stereocenters. The lowest BCUT2D eigenvalue weighted by molar-refractivity contribution is -0.108. The van der Waals surface area contributed by atoms with Gasteiger partial charge in [0.05, 0.1) is 0 Å². The van der Waals surface area contributed by atoms with E-state index in [9.17, 15) is 9.59 Å². The molecule has 0 spiro atoms. The molecule has 2 rings (SSSR count). The van der Waals surface area contributed by atoms with Crippen LogP contribution in [0.4, 0.5) is 0 Å². The van der Waals surface area contributed by atoms with Gasteiger partial charge in [-0.05, 0) is 56.1 Å². The number of carbonyl (C=O) groups is 2. The van der Waals surface area contributed by atoms with Crippen LogP contribution in [0.2, 0.25) is 0 Å². The second-order valence-electron chi connectivity index (χ2n) is 5.63. The summed E-state index contributed by atoms with van der Waals surface area (Å²) in [5.74, 6) is 1.18. The van der Waals surface area contributed by atoms with Gasteiger partial charge in [0.2, 0.25) is 10.2 Å². The zero-order valence-corrected chi connectivity index (χ0v) is 13.1. The maximum atomic E-state index is 11.9. The van der Waals surface area contributed by atoms with E-state index in [1.54, 1.807) is 13.8 Å². The van der Waals surface area contributed by atoms with Gasteiger partial charge in [-0.25, -0.2) is 0 Å². The lowest BCUT2D eigenvalue weighted by atomic mass is 10.00. The monoisotopic (exact) mass is 296 g/mol. The van der Waals surface area contributed by atoms with Gasteiger partial charge in [0.15, 0.2) is 0 Å². The highest BCUT2D eigenvalue weighted by molar-refractivity contribution is 8.18. The molecule has 0 aliphatic heterocycles. The Morgan fingerprint density at radius 2 is 1.26 bits per heavy atom. The van der Waals surface area contributed by atoms with E-state index < -0.39 is 0 Å². The highest BCUT2D eigenvalue weighted by atomic mass is 32.2. The number of rotatable bonds is 4. The summed E-state index contributed by atoms with van der Waals surface area (Å²) < 4.78 is 0. The van der Waals surface area contributed by atoms with E-state index in [2.05, 4.69) is 13.2 Å². The Morgan fingerprint density at radius 1 is 0.895 bits per heavy atom. The molecule has 0 amide bonds. The maximum Gasteiger partial charge on any atom is 0.214 e. The third kappa shape index (κ3) is 3.16. The molecule has 104 valence electrons. The lowest BCUT2D eigenvalue weighted by Crippen LogP contribution is -2.30. The summed E-state index contributed by atoms with van der Waals surface area (Å²) in [7, 11) is 0. The van der Waals surface area contributed by atoms with Crippen LogP contribution in [0.15, 0.2) is 24.3 Å². The molecule has 0 aromatic heterocycles. The first kappa shape index (κ1) is 14.9. The standard InChI is InChI=1S/C15H20O2S2/c1-8(2)14(16)18-12-10-5-6-11(7-10)13(12)19-15(17)9(3)4/h10-13H,1,3,5-7H2,2,4H3. The van der Waals surface area contributed by atoms with E-state index >= 15 is 0 Å². The summed E-state index contributed by atoms with van der Waals surface area (Å²) in [4.78, 5) is 23.8. The normalized spacial score (nSPS) is 32.3. The van der Waals surface area contributed by atoms with Gasteiger partial charge in [-0.3, -0.25) is 9.59 Å². The molecule has 4 unspecified atom stereocenters. The summed E-state index contributed by atoms with van der Waals surface area (Å²) in [6.45, 7) is 10.9. The summed E-state index contributed by atoms with van der Waals surface area (Å²) in [6, 6.07) is 0. The van der Waals surface area contributed by atoms with Crippen molar-refractivity contribution in [2.45, 2.75) is 43.6 Å². The fourth-order valence-corrected chi connectivity index (χ4v) is 5.78. The Morgan fingerprint density at radius 3 is 1.58 bits per heavy atom. The average molecular weight is 296 g/mol. The van der Waals surface area contributed by atoms with E-state index in [0.717, 1.165) is 0 Å². The molecule has 0 radical (unpaired) electrons. The van der Waals surface area contributed by atoms with Crippen molar-refractivity contribution in [3.63, 3.8) is 0 Å². The predicted molar refractivity (Wildman–Crippen MR) is 83.2 cm³/mol. The fourth-order valence-electron chi connectivity index (χ4n) is 2.96. The van der Waals surface area contributed by atoms with E-state index in [1.165, 1.54) is 42.8 Å². The number of hydrogen-bond donors (Lipinski definition) is 0. The molecule has 2 aliphatic rings. The highest BCUT2D eigenvalue weighted by Gasteiger charge is 2.49. The van der Waals surface area contributed by atoms with Gasteiger partial charge in [-0.15, -0.1) is 0 Å². The molecule has 0 N–H and O–H groups in total. The largest absolute Gasteiger partial charge is 0.282 e. The first-order valence-electron chi connectivity index (χ1n) is 6.63. The highest BCUT2D eigenvalue weighted by Crippen LogP contribution is 2.54. The van der Waals surface area contributed by atoms with Crippen LogP contribution in [0.1, 0.15) is 33.1 Å². The van der Waals surface area contributed by atoms with Crippen LogP contribution in [0.5, 0.6) is 0 Å². The summed E-state index contributed by atoms with van der Waals surface area (Å²) in [5, 5.41) is 0.698. The third-order valence-corrected chi connectivity index (χ3v) is 7.15. The van der Waals surface area contributed by atoms with E-state index in [0.29, 0.717) is 23.0 Å². The molecule has 0 heterocycles. The van der Waals surface area contributed by atoms with Crippen molar-refractivity contribution in [2.75, 3.05) is 0 Å². The SMILES string of the molecule is C=C(C)C(=O)SC1C2CCC(C2)C1SC(=O)C(=C)C. The number of hydrogen-bond acceptors (Lipinski definition) is 4. The second kappa shape index (κ2) is 5.88. The van der Waals surface area contributed by atoms with E-state index in [4.69, 9.17) is 0 Å². The Bertz CT molecular complexity index is 401. The van der Waals surface area contributed by atoms with Crippen molar-refractivity contribution in [2.24, 2.45) is 11.8 Å². The molecule has 0 aromatic rings. The molecule has 0 aromatic carbocycles. The zero-order chi connectivity index (χ0) is 14.2. The van der Waals surface area contributed by atoms with E-state index in [1.807, 2.05) is 0 Å². The van der Waals surface area contributed by atoms with Gasteiger partial charge in [0, 0.05) is 10.5 Å². The van der Waals surface area contributed by atoms with Gasteiger partial charge >= 0.3 is 0 Å². The molecule has 2 fully saturated rings. The Labute approximate surface area is 123 Å². The van der Waals surface area contributed by atoms with Crippen LogP contribution in [-0.4, -0.2) is 20.7 Å². The molecule has 19 heavy (non-hydrogen) atoms. The molecule has 2 nitrogen and oxygen atoms in total. The van der Waals surface area contributed by atoms with Crippen LogP contribution < -0.4 is 0 Å². The quantitative estimate of drug-likeness (QED) is 0.739. The Kier molecular flexibility index (Phi) is 4.62. The van der Waals surface area contributed by atoms with Crippen molar-refractivity contribution < 1.29 is 9.59 Å². The van der Waals surface area contributed by atoms with E-state index in [-0.39, 0.29) is 20.7 Å². The minimum atomic E-state index is 0.0749. The van der Waals surface area contributed by atoms with Crippen molar-refractivity contribution in [3.05, 3.63) is 24.3 Å². The minimum Gasteiger partial charge on any atom is -0.282 e. The van der Waals surface area contributed by atoms with Gasteiger partial charge < -0.3 is 0 Å². The van der Waals surface area contributed by atoms with Crippen LogP contribution in [0, 0.1) is 11.8 Å². The van der Waals surface area contributed by atoms with Gasteiger partial charge in [0.1, 0.15) is 0 Å². The summed E-state index contributed by atoms with van der Waals surface area (Å²) >= 11 is 2.80. The topological polar surface area (TPSA) is 34.1 Å². The molecule has 2 aliphatic carbocycles. The first-order valence-corrected chi connectivity index (χ1v) is 8.39. The smallest absolute Gasteiger partial charge is 0.214 e. The van der Waals surface area contributed by atoms with Crippen molar-refractivity contribution in [1.29, 1.82) is 0 Å². The van der Waals surface area contributed by atoms with Crippen molar-refractivity contribution in [3.8, 4) is 0 Å². The van der Waals surface area contributed by atoms with Crippen LogP contribution in [0.25, 0.3) is 0 Å². The molecule has 4 heteroatoms. The van der Waals surface area contributed by atoms with Crippen molar-refractivity contribution in [1.82, 2.24) is 0 Å². The molecular formula is C15H20O2S2. The van der Waals surface area contributed by atoms with Gasteiger partial charge in [-0.1, -0.05) is 36.7 Å². The number of fused-ring (bicyclic) bond motifs is 2. The summed E-state index contributed by atoms with van der Waals surface area (Å²) in [6.07, 6.45) is 3.57. The molecular weight excluding hydrogens is 276 g/mol. The Hall–Kier alpha value is -0.480. The molecule has 2 saturated carbocycles. The van der Waals surface area contributed by atoms with Crippen molar-refractivity contribution >= 4 is 33.8 Å². The van der Waals surface area contributed by atoms with Crippen LogP contribution >= 0.6 is 23.5 Å². The fraction of sp³-hybridized carbons (Fsp3) is 0.600. The minimum absolute atomic E-state index is 0.0749. The average Bonchev–Trinajstić information content (AvgIpc) is 2.91. The van der Waals surface area contributed by atoms with Crippen LogP contribution in [-0.2, 0) is 9.59 Å². The lowest BCUT2D eigenvalue weighted by Gasteiger charge is -2.29. The Balaban J connectivity index is 2.07. The predicted octanol–water partition coefficient (Wildman–Crippen LogP) is 3.83. The first-order chi connectivity index (χ1) is 8.90. The number of carbonyl (C=O) groups excluding carboxylic acids is 2. The van der Waals surface area contributed by atoms with Gasteiger partial charge in [0.25, 0.3) is 0 Å². The zero-order valence-electron chi connectivity index (χ0n) is 11.5. The maximum absolute atomic E-state index is 11.9. The van der Waals surface area contributed by atoms with Gasteiger partial charge in [-0.2, -0.15) is 0 Å². The molecule has 0 saturated heterocycles. The summed E-state index contributed by atoms with van der Waals surface area (Å²) in [5.41, 5.74) is 1.20. The second-order valence-corrected chi connectivity index (χ2v) is 7.94.